The van der Waals surface area contributed by atoms with Crippen molar-refractivity contribution in [2.45, 2.75) is 40.5 Å². The van der Waals surface area contributed by atoms with Crippen molar-refractivity contribution in [1.29, 1.82) is 0 Å². The maximum atomic E-state index is 12.8. The number of hydrogen-bond acceptors (Lipinski definition) is 4. The fourth-order valence-electron chi connectivity index (χ4n) is 2.67. The first-order chi connectivity index (χ1) is 14.0. The number of aromatic nitrogens is 3. The molecule has 0 saturated heterocycles. The number of rotatable bonds is 8. The molecule has 0 bridgehead atoms. The van der Waals surface area contributed by atoms with E-state index in [2.05, 4.69) is 22.3 Å². The van der Waals surface area contributed by atoms with Gasteiger partial charge in [0.25, 0.3) is 0 Å². The Bertz CT molecular complexity index is 856. The van der Waals surface area contributed by atoms with Crippen LogP contribution in [0.15, 0.2) is 54.5 Å². The van der Waals surface area contributed by atoms with Crippen LogP contribution in [-0.2, 0) is 7.05 Å². The van der Waals surface area contributed by atoms with Gasteiger partial charge in [-0.1, -0.05) is 37.6 Å². The Hall–Kier alpha value is -2.79. The predicted octanol–water partition coefficient (Wildman–Crippen LogP) is 5.23. The van der Waals surface area contributed by atoms with E-state index in [-0.39, 0.29) is 5.78 Å². The highest BCUT2D eigenvalue weighted by molar-refractivity contribution is 6.12. The number of carbonyl (C=O) groups excluding carboxylic acids is 1. The third-order valence-corrected chi connectivity index (χ3v) is 4.23. The molecule has 2 aromatic rings. The fraction of sp³-hybridized carbons (Fsp3) is 0.375. The van der Waals surface area contributed by atoms with Crippen LogP contribution in [0, 0.1) is 0 Å². The van der Waals surface area contributed by atoms with Gasteiger partial charge >= 0.3 is 0 Å². The summed E-state index contributed by atoms with van der Waals surface area (Å²) in [5.74, 6) is -0.0306. The van der Waals surface area contributed by atoms with Gasteiger partial charge in [0.1, 0.15) is 0 Å². The normalized spacial score (nSPS) is 11.7. The van der Waals surface area contributed by atoms with Crippen LogP contribution in [-0.4, -0.2) is 34.1 Å². The van der Waals surface area contributed by atoms with Crippen LogP contribution in [0.2, 0.25) is 0 Å². The number of aryl methyl sites for hydroxylation is 1. The van der Waals surface area contributed by atoms with E-state index >= 15 is 0 Å². The van der Waals surface area contributed by atoms with Crippen molar-refractivity contribution < 1.29 is 4.79 Å². The van der Waals surface area contributed by atoms with Crippen LogP contribution in [0.5, 0.6) is 0 Å². The Kier molecular flexibility index (Phi) is 11.2. The molecule has 0 aromatic carbocycles. The van der Waals surface area contributed by atoms with Crippen molar-refractivity contribution in [3.8, 4) is 11.1 Å². The summed E-state index contributed by atoms with van der Waals surface area (Å²) < 4.78 is 1.73. The lowest BCUT2D eigenvalue weighted by Gasteiger charge is -2.08. The number of ketones is 1. The molecule has 2 rings (SSSR count). The summed E-state index contributed by atoms with van der Waals surface area (Å²) >= 11 is 0. The minimum absolute atomic E-state index is 0.0306. The van der Waals surface area contributed by atoms with Crippen molar-refractivity contribution in [3.63, 3.8) is 0 Å². The van der Waals surface area contributed by atoms with Crippen LogP contribution < -0.4 is 5.32 Å². The molecule has 2 aromatic heterocycles. The van der Waals surface area contributed by atoms with E-state index in [0.717, 1.165) is 17.7 Å². The molecule has 0 radical (unpaired) electrons. The van der Waals surface area contributed by atoms with Crippen LogP contribution in [0.4, 0.5) is 0 Å². The minimum atomic E-state index is -0.0306. The summed E-state index contributed by atoms with van der Waals surface area (Å²) in [6, 6.07) is 1.88. The number of nitrogens with zero attached hydrogens (tertiary/aromatic N) is 3. The van der Waals surface area contributed by atoms with E-state index < -0.39 is 0 Å². The number of hydrogen-bond donors (Lipinski definition) is 1. The molecule has 0 aliphatic heterocycles. The summed E-state index contributed by atoms with van der Waals surface area (Å²) in [4.78, 5) is 17.3. The molecular weight excluding hydrogens is 360 g/mol. The van der Waals surface area contributed by atoms with Gasteiger partial charge in [0, 0.05) is 41.7 Å². The van der Waals surface area contributed by atoms with Gasteiger partial charge in [0.05, 0.1) is 11.9 Å². The zero-order chi connectivity index (χ0) is 21.6. The van der Waals surface area contributed by atoms with Crippen molar-refractivity contribution >= 4 is 11.9 Å². The standard InChI is InChI=1S/C19H21N3O.C5H13N/c1-5-8-14(7-3)19(23)17-10-15(11-20-18(17)9-6-2)16-12-21-22(4)13-16;1-3-4-5-6-2/h5-13H,1-4H3;6H,3-5H2,1-2H3/b8-5-,9-6-,14-7+;. The largest absolute Gasteiger partial charge is 0.320 e. The first-order valence-electron chi connectivity index (χ1n) is 10.1. The highest BCUT2D eigenvalue weighted by Crippen LogP contribution is 2.23. The van der Waals surface area contributed by atoms with Crippen molar-refractivity contribution in [2.24, 2.45) is 7.05 Å². The second kappa shape index (κ2) is 13.4. The van der Waals surface area contributed by atoms with Gasteiger partial charge in [0.15, 0.2) is 5.78 Å². The molecular formula is C24H34N4O. The Morgan fingerprint density at radius 3 is 2.41 bits per heavy atom. The highest BCUT2D eigenvalue weighted by Gasteiger charge is 2.15. The number of allylic oxidation sites excluding steroid dienone is 5. The van der Waals surface area contributed by atoms with Gasteiger partial charge in [-0.25, -0.2) is 0 Å². The molecule has 0 aliphatic rings. The quantitative estimate of drug-likeness (QED) is 0.288. The molecule has 1 N–H and O–H groups in total. The van der Waals surface area contributed by atoms with Gasteiger partial charge < -0.3 is 5.32 Å². The van der Waals surface area contributed by atoms with Crippen LogP contribution in [0.1, 0.15) is 56.6 Å². The van der Waals surface area contributed by atoms with E-state index in [4.69, 9.17) is 0 Å². The van der Waals surface area contributed by atoms with E-state index in [1.807, 2.05) is 77.5 Å². The van der Waals surface area contributed by atoms with Crippen molar-refractivity contribution in [3.05, 3.63) is 65.8 Å². The zero-order valence-corrected chi connectivity index (χ0v) is 18.6. The molecule has 5 nitrogen and oxygen atoms in total. The van der Waals surface area contributed by atoms with Gasteiger partial charge in [-0.2, -0.15) is 5.10 Å². The predicted molar refractivity (Wildman–Crippen MR) is 123 cm³/mol. The molecule has 29 heavy (non-hydrogen) atoms. The SMILES string of the molecule is C/C=C\C(=C/C)C(=O)c1cc(-c2cnn(C)c2)cnc1/C=C\C.CCCCNC. The molecule has 0 fully saturated rings. The van der Waals surface area contributed by atoms with E-state index in [9.17, 15) is 4.79 Å². The third-order valence-electron chi connectivity index (χ3n) is 4.23. The maximum Gasteiger partial charge on any atom is 0.194 e. The number of nitrogens with one attached hydrogen (secondary N) is 1. The van der Waals surface area contributed by atoms with E-state index in [1.165, 1.54) is 12.8 Å². The summed E-state index contributed by atoms with van der Waals surface area (Å²) in [6.45, 7) is 9.02. The number of unbranched alkanes of at least 4 members (excludes halogenated alkanes) is 1. The average Bonchev–Trinajstić information content (AvgIpc) is 3.17. The Morgan fingerprint density at radius 2 is 1.93 bits per heavy atom. The van der Waals surface area contributed by atoms with Crippen molar-refractivity contribution in [1.82, 2.24) is 20.1 Å². The molecule has 5 heteroatoms. The summed E-state index contributed by atoms with van der Waals surface area (Å²) in [5, 5.41) is 7.24. The highest BCUT2D eigenvalue weighted by atomic mass is 16.1. The monoisotopic (exact) mass is 394 g/mol. The fourth-order valence-corrected chi connectivity index (χ4v) is 2.67. The Balaban J connectivity index is 0.000000612. The first kappa shape index (κ1) is 24.2. The van der Waals surface area contributed by atoms with Crippen LogP contribution in [0.3, 0.4) is 0 Å². The molecule has 0 aliphatic carbocycles. The van der Waals surface area contributed by atoms with E-state index in [0.29, 0.717) is 16.8 Å². The molecule has 0 unspecified atom stereocenters. The lowest BCUT2D eigenvalue weighted by atomic mass is 9.98. The summed E-state index contributed by atoms with van der Waals surface area (Å²) in [5.41, 5.74) is 3.74. The molecule has 0 atom stereocenters. The topological polar surface area (TPSA) is 59.8 Å². The smallest absolute Gasteiger partial charge is 0.194 e. The van der Waals surface area contributed by atoms with E-state index in [1.54, 1.807) is 17.1 Å². The molecule has 0 spiro atoms. The second-order valence-electron chi connectivity index (χ2n) is 6.59. The summed E-state index contributed by atoms with van der Waals surface area (Å²) in [7, 11) is 3.84. The molecule has 0 saturated carbocycles. The molecule has 0 amide bonds. The minimum Gasteiger partial charge on any atom is -0.320 e. The third kappa shape index (κ3) is 7.62. The molecule has 2 heterocycles. The van der Waals surface area contributed by atoms with Gasteiger partial charge in [-0.15, -0.1) is 0 Å². The second-order valence-corrected chi connectivity index (χ2v) is 6.59. The first-order valence-corrected chi connectivity index (χ1v) is 10.1. The van der Waals surface area contributed by atoms with Gasteiger partial charge in [-0.3, -0.25) is 14.5 Å². The lowest BCUT2D eigenvalue weighted by Crippen LogP contribution is -2.06. The van der Waals surface area contributed by atoms with Crippen molar-refractivity contribution in [2.75, 3.05) is 13.6 Å². The number of Topliss-reactive ketones (excluding diaryl/α,β-unsaturated/α-hetero) is 1. The lowest BCUT2D eigenvalue weighted by molar-refractivity contribution is 0.103. The van der Waals surface area contributed by atoms with Crippen LogP contribution >= 0.6 is 0 Å². The summed E-state index contributed by atoms with van der Waals surface area (Å²) in [6.07, 6.45) is 17.3. The van der Waals surface area contributed by atoms with Gasteiger partial charge in [0.2, 0.25) is 0 Å². The number of pyridine rings is 1. The van der Waals surface area contributed by atoms with Crippen LogP contribution in [0.25, 0.3) is 17.2 Å². The Labute approximate surface area is 175 Å². The van der Waals surface area contributed by atoms with Gasteiger partial charge in [-0.05, 0) is 52.9 Å². The zero-order valence-electron chi connectivity index (χ0n) is 18.6. The molecule has 156 valence electrons. The average molecular weight is 395 g/mol. The number of carbonyl (C=O) groups is 1. The maximum absolute atomic E-state index is 12.8. The Morgan fingerprint density at radius 1 is 1.17 bits per heavy atom.